The molecular weight excluding hydrogens is 378 g/mol. The van der Waals surface area contributed by atoms with Gasteiger partial charge in [0.2, 0.25) is 0 Å². The van der Waals surface area contributed by atoms with Gasteiger partial charge in [-0.15, -0.1) is 0 Å². The fraction of sp³-hybridized carbons (Fsp3) is 0.0800. The number of amides is 2. The number of esters is 1. The van der Waals surface area contributed by atoms with Crippen molar-refractivity contribution in [1.82, 2.24) is 0 Å². The molecule has 0 spiro atoms. The molecule has 148 valence electrons. The molecule has 0 N–H and O–H groups in total. The molecule has 1 aliphatic rings. The highest BCUT2D eigenvalue weighted by atomic mass is 16.5. The first-order chi connectivity index (χ1) is 14.5. The van der Waals surface area contributed by atoms with Crippen molar-refractivity contribution < 1.29 is 19.1 Å². The van der Waals surface area contributed by atoms with Crippen molar-refractivity contribution in [3.8, 4) is 0 Å². The van der Waals surface area contributed by atoms with Crippen LogP contribution >= 0.6 is 0 Å². The lowest BCUT2D eigenvalue weighted by Crippen LogP contribution is -2.41. The molecule has 3 aromatic rings. The molecule has 0 fully saturated rings. The van der Waals surface area contributed by atoms with Gasteiger partial charge in [-0.1, -0.05) is 42.5 Å². The van der Waals surface area contributed by atoms with Gasteiger partial charge >= 0.3 is 5.97 Å². The Morgan fingerprint density at radius 3 is 2.23 bits per heavy atom. The Balaban J connectivity index is 1.83. The van der Waals surface area contributed by atoms with Crippen LogP contribution in [0.25, 0.3) is 11.6 Å². The third kappa shape index (κ3) is 3.42. The molecule has 0 saturated carbocycles. The van der Waals surface area contributed by atoms with E-state index in [4.69, 9.17) is 4.74 Å². The van der Waals surface area contributed by atoms with Crippen LogP contribution in [0.1, 0.15) is 37.4 Å². The van der Waals surface area contributed by atoms with Crippen molar-refractivity contribution in [2.45, 2.75) is 6.92 Å². The Morgan fingerprint density at radius 2 is 1.57 bits per heavy atom. The summed E-state index contributed by atoms with van der Waals surface area (Å²) in [7, 11) is 1.33. The number of ether oxygens (including phenoxy) is 1. The molecule has 0 radical (unpaired) electrons. The normalized spacial score (nSPS) is 14.6. The van der Waals surface area contributed by atoms with Crippen LogP contribution in [0.4, 0.5) is 5.69 Å². The predicted molar refractivity (Wildman–Crippen MR) is 115 cm³/mol. The van der Waals surface area contributed by atoms with E-state index < -0.39 is 5.97 Å². The van der Waals surface area contributed by atoms with E-state index in [1.54, 1.807) is 60.7 Å². The monoisotopic (exact) mass is 397 g/mol. The van der Waals surface area contributed by atoms with Crippen LogP contribution in [0.3, 0.4) is 0 Å². The number of fused-ring (bicyclic) bond motifs is 1. The number of carbonyl (C=O) groups is 3. The molecule has 1 aliphatic heterocycles. The van der Waals surface area contributed by atoms with Gasteiger partial charge in [-0.25, -0.2) is 9.69 Å². The third-order valence-corrected chi connectivity index (χ3v) is 4.99. The summed E-state index contributed by atoms with van der Waals surface area (Å²) in [6.45, 7) is 1.91. The fourth-order valence-electron chi connectivity index (χ4n) is 3.49. The zero-order valence-electron chi connectivity index (χ0n) is 16.6. The van der Waals surface area contributed by atoms with Crippen LogP contribution in [0.2, 0.25) is 0 Å². The summed E-state index contributed by atoms with van der Waals surface area (Å²) in [6, 6.07) is 21.1. The van der Waals surface area contributed by atoms with E-state index >= 15 is 0 Å². The van der Waals surface area contributed by atoms with Gasteiger partial charge in [0.15, 0.2) is 0 Å². The second kappa shape index (κ2) is 7.79. The van der Waals surface area contributed by atoms with Crippen molar-refractivity contribution in [1.29, 1.82) is 0 Å². The number of nitrogens with zero attached hydrogens (tertiary/aromatic N) is 1. The summed E-state index contributed by atoms with van der Waals surface area (Å²) >= 11 is 0. The average molecular weight is 397 g/mol. The lowest BCUT2D eigenvalue weighted by atomic mass is 9.91. The lowest BCUT2D eigenvalue weighted by Gasteiger charge is -2.29. The maximum atomic E-state index is 13.4. The largest absolute Gasteiger partial charge is 0.465 e. The Morgan fingerprint density at radius 1 is 0.867 bits per heavy atom. The molecule has 0 aliphatic carbocycles. The van der Waals surface area contributed by atoms with Crippen molar-refractivity contribution in [2.75, 3.05) is 12.0 Å². The quantitative estimate of drug-likeness (QED) is 0.371. The van der Waals surface area contributed by atoms with Gasteiger partial charge in [-0.3, -0.25) is 9.59 Å². The van der Waals surface area contributed by atoms with E-state index in [9.17, 15) is 14.4 Å². The van der Waals surface area contributed by atoms with Gasteiger partial charge in [0, 0.05) is 11.1 Å². The van der Waals surface area contributed by atoms with E-state index in [1.165, 1.54) is 12.0 Å². The molecule has 3 aromatic carbocycles. The van der Waals surface area contributed by atoms with Crippen molar-refractivity contribution >= 4 is 35.1 Å². The Hall–Kier alpha value is -3.99. The predicted octanol–water partition coefficient (Wildman–Crippen LogP) is 4.51. The van der Waals surface area contributed by atoms with E-state index in [0.717, 1.165) is 11.1 Å². The number of anilines is 1. The molecule has 0 bridgehead atoms. The first-order valence-electron chi connectivity index (χ1n) is 9.44. The highest BCUT2D eigenvalue weighted by Gasteiger charge is 2.35. The van der Waals surface area contributed by atoms with Crippen LogP contribution in [-0.2, 0) is 9.53 Å². The maximum absolute atomic E-state index is 13.4. The van der Waals surface area contributed by atoms with Gasteiger partial charge in [-0.05, 0) is 60.0 Å². The third-order valence-electron chi connectivity index (χ3n) is 4.99. The first-order valence-corrected chi connectivity index (χ1v) is 9.44. The molecular formula is C25H19NO4. The Bertz CT molecular complexity index is 1190. The van der Waals surface area contributed by atoms with Crippen LogP contribution in [-0.4, -0.2) is 24.9 Å². The van der Waals surface area contributed by atoms with Gasteiger partial charge < -0.3 is 4.74 Å². The first kappa shape index (κ1) is 19.3. The van der Waals surface area contributed by atoms with E-state index in [2.05, 4.69) is 0 Å². The zero-order chi connectivity index (χ0) is 21.3. The van der Waals surface area contributed by atoms with E-state index in [1.807, 2.05) is 25.1 Å². The summed E-state index contributed by atoms with van der Waals surface area (Å²) in [6.07, 6.45) is 1.73. The smallest absolute Gasteiger partial charge is 0.337 e. The average Bonchev–Trinajstić information content (AvgIpc) is 2.77. The summed E-state index contributed by atoms with van der Waals surface area (Å²) < 4.78 is 4.72. The topological polar surface area (TPSA) is 63.7 Å². The number of methoxy groups -OCH3 is 1. The van der Waals surface area contributed by atoms with Gasteiger partial charge in [0.25, 0.3) is 11.8 Å². The maximum Gasteiger partial charge on any atom is 0.337 e. The minimum absolute atomic E-state index is 0.348. The number of hydrogen-bond acceptors (Lipinski definition) is 4. The molecule has 5 nitrogen and oxygen atoms in total. The van der Waals surface area contributed by atoms with Gasteiger partial charge in [0.1, 0.15) is 0 Å². The molecule has 0 unspecified atom stereocenters. The summed E-state index contributed by atoms with van der Waals surface area (Å²) in [5.74, 6) is -1.16. The van der Waals surface area contributed by atoms with Crippen LogP contribution in [0.5, 0.6) is 0 Å². The van der Waals surface area contributed by atoms with Crippen molar-refractivity contribution in [3.05, 3.63) is 101 Å². The Kier molecular flexibility index (Phi) is 5.02. The van der Waals surface area contributed by atoms with Gasteiger partial charge in [-0.2, -0.15) is 0 Å². The summed E-state index contributed by atoms with van der Waals surface area (Å²) in [4.78, 5) is 39.4. The fourth-order valence-corrected chi connectivity index (χ4v) is 3.49. The molecule has 5 heteroatoms. The van der Waals surface area contributed by atoms with Crippen LogP contribution in [0.15, 0.2) is 72.8 Å². The number of imide groups is 1. The van der Waals surface area contributed by atoms with Crippen molar-refractivity contribution in [2.24, 2.45) is 0 Å². The van der Waals surface area contributed by atoms with Crippen LogP contribution in [0, 0.1) is 6.92 Å². The number of hydrogen-bond donors (Lipinski definition) is 0. The second-order valence-electron chi connectivity index (χ2n) is 7.00. The van der Waals surface area contributed by atoms with Crippen molar-refractivity contribution in [3.63, 3.8) is 0 Å². The van der Waals surface area contributed by atoms with Crippen LogP contribution < -0.4 is 4.90 Å². The molecule has 0 atom stereocenters. The summed E-state index contributed by atoms with van der Waals surface area (Å²) in [5.41, 5.74) is 4.12. The minimum Gasteiger partial charge on any atom is -0.465 e. The number of rotatable bonds is 3. The SMILES string of the molecule is COC(=O)c1ccc(/C=C2\C(=O)N(c3cccc(C)c3)C(=O)c3ccccc32)cc1. The molecule has 0 aromatic heterocycles. The Labute approximate surface area is 174 Å². The minimum atomic E-state index is -0.426. The number of aryl methyl sites for hydroxylation is 1. The second-order valence-corrected chi connectivity index (χ2v) is 7.00. The van der Waals surface area contributed by atoms with E-state index in [-0.39, 0.29) is 11.8 Å². The molecule has 2 amide bonds. The summed E-state index contributed by atoms with van der Waals surface area (Å²) in [5, 5.41) is 0. The highest BCUT2D eigenvalue weighted by Crippen LogP contribution is 2.33. The standard InChI is InChI=1S/C25H19NO4/c1-16-6-5-7-19(14-16)26-23(27)21-9-4-3-8-20(21)22(24(26)28)15-17-10-12-18(13-11-17)25(29)30-2/h3-15H,1-2H3/b22-15-. The molecule has 0 saturated heterocycles. The zero-order valence-corrected chi connectivity index (χ0v) is 16.6. The molecule has 4 rings (SSSR count). The molecule has 30 heavy (non-hydrogen) atoms. The number of benzene rings is 3. The number of carbonyl (C=O) groups excluding carboxylic acids is 3. The molecule has 1 heterocycles. The highest BCUT2D eigenvalue weighted by molar-refractivity contribution is 6.43. The van der Waals surface area contributed by atoms with Gasteiger partial charge in [0.05, 0.1) is 18.4 Å². The van der Waals surface area contributed by atoms with E-state index in [0.29, 0.717) is 28.0 Å². The lowest BCUT2D eigenvalue weighted by molar-refractivity contribution is -0.112.